The number of carbonyl (C=O) groups is 4. The second kappa shape index (κ2) is 29.7. The summed E-state index contributed by atoms with van der Waals surface area (Å²) in [4.78, 5) is 46.5. The summed E-state index contributed by atoms with van der Waals surface area (Å²) in [6.45, 7) is 1.38. The molecular weight excluding hydrogens is 662 g/mol. The van der Waals surface area contributed by atoms with Crippen LogP contribution >= 0.6 is 15.9 Å². The zero-order chi connectivity index (χ0) is 33.5. The van der Waals surface area contributed by atoms with Crippen molar-refractivity contribution in [2.75, 3.05) is 44.8 Å². The Morgan fingerprint density at radius 3 is 1.93 bits per heavy atom. The highest BCUT2D eigenvalue weighted by atomic mass is 79.9. The molecular formula is C31H56BrN7O7. The van der Waals surface area contributed by atoms with Crippen LogP contribution in [0.5, 0.6) is 0 Å². The molecule has 264 valence electrons. The van der Waals surface area contributed by atoms with Crippen molar-refractivity contribution in [2.24, 2.45) is 0 Å². The molecule has 0 spiro atoms. The minimum Gasteiger partial charge on any atom is -0.480 e. The number of ether oxygens (including phenoxy) is 2. The molecule has 0 aliphatic rings. The minimum atomic E-state index is -1.11. The van der Waals surface area contributed by atoms with Crippen molar-refractivity contribution in [3.05, 3.63) is 5.82 Å². The minimum absolute atomic E-state index is 0.0307. The number of hydrogen-bond acceptors (Lipinski definition) is 9. The van der Waals surface area contributed by atoms with Gasteiger partial charge in [0.1, 0.15) is 18.5 Å². The summed E-state index contributed by atoms with van der Waals surface area (Å²) in [5.41, 5.74) is 0. The first-order chi connectivity index (χ1) is 22.4. The fourth-order valence-electron chi connectivity index (χ4n) is 4.78. The highest BCUT2D eigenvalue weighted by molar-refractivity contribution is 9.09. The third-order valence-electron chi connectivity index (χ3n) is 7.38. The number of halogens is 1. The lowest BCUT2D eigenvalue weighted by Crippen LogP contribution is -2.42. The number of amides is 3. The van der Waals surface area contributed by atoms with Crippen LogP contribution in [0.15, 0.2) is 0 Å². The number of nitrogens with one attached hydrogen (secondary N) is 4. The summed E-state index contributed by atoms with van der Waals surface area (Å²) < 4.78 is 10.7. The van der Waals surface area contributed by atoms with E-state index in [9.17, 15) is 24.3 Å². The standard InChI is InChI=1S/C31H56BrN7O7/c32-24-29(41)33-19-15-14-16-26(31(43)44)35-30(42)25-46-23-22-45-21-20-34-28(40)18-13-11-9-7-5-3-1-2-4-6-8-10-12-17-27-36-38-39-37-27/h26H,1-25H2,(H,33,41)(H,34,40)(H,35,42)(H,43,44)(H,36,37,38,39). The molecule has 1 aromatic rings. The zero-order valence-corrected chi connectivity index (χ0v) is 29.0. The maximum absolute atomic E-state index is 12.0. The number of carbonyl (C=O) groups excluding carboxylic acids is 3. The fourth-order valence-corrected chi connectivity index (χ4v) is 4.98. The SMILES string of the molecule is O=C(CBr)NCCCCC(NC(=O)COCCOCCNC(=O)CCCCCCCCCCCCCCCc1nnn[nH]1)C(=O)O. The van der Waals surface area contributed by atoms with Crippen LogP contribution in [0.2, 0.25) is 0 Å². The van der Waals surface area contributed by atoms with Crippen LogP contribution in [0, 0.1) is 0 Å². The molecule has 1 rings (SSSR count). The molecule has 0 radical (unpaired) electrons. The molecule has 14 nitrogen and oxygen atoms in total. The lowest BCUT2D eigenvalue weighted by atomic mass is 10.0. The average Bonchev–Trinajstić information content (AvgIpc) is 3.56. The van der Waals surface area contributed by atoms with Gasteiger partial charge in [0.2, 0.25) is 17.7 Å². The Morgan fingerprint density at radius 1 is 0.717 bits per heavy atom. The van der Waals surface area contributed by atoms with Crippen LogP contribution in [0.1, 0.15) is 115 Å². The van der Waals surface area contributed by atoms with E-state index in [2.05, 4.69) is 52.5 Å². The van der Waals surface area contributed by atoms with Crippen LogP contribution in [0.3, 0.4) is 0 Å². The molecule has 1 unspecified atom stereocenters. The number of tetrazole rings is 1. The highest BCUT2D eigenvalue weighted by Gasteiger charge is 2.19. The van der Waals surface area contributed by atoms with Gasteiger partial charge in [0.05, 0.1) is 25.2 Å². The zero-order valence-electron chi connectivity index (χ0n) is 27.4. The number of alkyl halides is 1. The van der Waals surface area contributed by atoms with Gasteiger partial charge in [0.15, 0.2) is 0 Å². The Bertz CT molecular complexity index is 925. The molecule has 1 aromatic heterocycles. The average molecular weight is 719 g/mol. The van der Waals surface area contributed by atoms with E-state index < -0.39 is 17.9 Å². The molecule has 46 heavy (non-hydrogen) atoms. The lowest BCUT2D eigenvalue weighted by molar-refractivity contribution is -0.142. The van der Waals surface area contributed by atoms with Crippen LogP contribution in [-0.2, 0) is 35.1 Å². The van der Waals surface area contributed by atoms with Gasteiger partial charge in [0, 0.05) is 25.9 Å². The molecule has 0 aromatic carbocycles. The molecule has 1 atom stereocenters. The Kier molecular flexibility index (Phi) is 26.7. The molecule has 0 fully saturated rings. The third kappa shape index (κ3) is 25.5. The largest absolute Gasteiger partial charge is 0.480 e. The summed E-state index contributed by atoms with van der Waals surface area (Å²) in [5.74, 6) is -0.849. The van der Waals surface area contributed by atoms with Crippen LogP contribution < -0.4 is 16.0 Å². The van der Waals surface area contributed by atoms with E-state index in [1.807, 2.05) is 0 Å². The molecule has 0 aliphatic carbocycles. The maximum atomic E-state index is 12.0. The molecule has 0 saturated carbocycles. The molecule has 3 amide bonds. The number of hydrogen-bond donors (Lipinski definition) is 5. The summed E-state index contributed by atoms with van der Waals surface area (Å²) >= 11 is 3.05. The van der Waals surface area contributed by atoms with Crippen LogP contribution in [0.4, 0.5) is 0 Å². The van der Waals surface area contributed by atoms with Gasteiger partial charge in [-0.1, -0.05) is 86.6 Å². The molecule has 1 heterocycles. The highest BCUT2D eigenvalue weighted by Crippen LogP contribution is 2.13. The van der Waals surface area contributed by atoms with E-state index in [-0.39, 0.29) is 43.4 Å². The Labute approximate surface area is 281 Å². The monoisotopic (exact) mass is 717 g/mol. The molecule has 0 bridgehead atoms. The third-order valence-corrected chi connectivity index (χ3v) is 7.89. The van der Waals surface area contributed by atoms with Crippen molar-refractivity contribution in [1.29, 1.82) is 0 Å². The summed E-state index contributed by atoms with van der Waals surface area (Å²) in [7, 11) is 0. The number of nitrogens with zero attached hydrogens (tertiary/aromatic N) is 3. The number of aliphatic carboxylic acids is 1. The quantitative estimate of drug-likeness (QED) is 0.0542. The van der Waals surface area contributed by atoms with E-state index in [4.69, 9.17) is 9.47 Å². The second-order valence-electron chi connectivity index (χ2n) is 11.4. The van der Waals surface area contributed by atoms with Gasteiger partial charge in [-0.3, -0.25) is 14.4 Å². The first-order valence-electron chi connectivity index (χ1n) is 16.9. The van der Waals surface area contributed by atoms with Gasteiger partial charge in [-0.15, -0.1) is 5.10 Å². The Balaban J connectivity index is 1.82. The Morgan fingerprint density at radius 2 is 1.33 bits per heavy atom. The summed E-state index contributed by atoms with van der Waals surface area (Å²) in [6, 6.07) is -1.01. The van der Waals surface area contributed by atoms with E-state index in [0.717, 1.165) is 31.5 Å². The number of rotatable bonds is 32. The van der Waals surface area contributed by atoms with Crippen molar-refractivity contribution in [3.63, 3.8) is 0 Å². The summed E-state index contributed by atoms with van der Waals surface area (Å²) in [5, 5.41) is 31.4. The molecule has 5 N–H and O–H groups in total. The van der Waals surface area contributed by atoms with Gasteiger partial charge in [-0.05, 0) is 42.5 Å². The van der Waals surface area contributed by atoms with E-state index >= 15 is 0 Å². The number of aromatic nitrogens is 4. The van der Waals surface area contributed by atoms with Crippen molar-refractivity contribution >= 4 is 39.6 Å². The second-order valence-corrected chi connectivity index (χ2v) is 12.0. The topological polar surface area (TPSA) is 198 Å². The van der Waals surface area contributed by atoms with Crippen LogP contribution in [0.25, 0.3) is 0 Å². The predicted molar refractivity (Wildman–Crippen MR) is 177 cm³/mol. The smallest absolute Gasteiger partial charge is 0.326 e. The predicted octanol–water partition coefficient (Wildman–Crippen LogP) is 3.60. The number of unbranched alkanes of at least 4 members (excludes halogenated alkanes) is 13. The van der Waals surface area contributed by atoms with Crippen molar-refractivity contribution in [3.8, 4) is 0 Å². The van der Waals surface area contributed by atoms with Crippen molar-refractivity contribution < 1.29 is 33.8 Å². The number of H-pyrrole nitrogens is 1. The number of aryl methyl sites for hydroxylation is 1. The van der Waals surface area contributed by atoms with Gasteiger partial charge in [-0.25, -0.2) is 9.89 Å². The molecule has 0 saturated heterocycles. The van der Waals surface area contributed by atoms with Gasteiger partial charge >= 0.3 is 5.97 Å². The number of carboxylic acid groups (broad SMARTS) is 1. The number of carboxylic acids is 1. The van der Waals surface area contributed by atoms with Crippen molar-refractivity contribution in [2.45, 2.75) is 122 Å². The van der Waals surface area contributed by atoms with E-state index in [1.165, 1.54) is 64.2 Å². The van der Waals surface area contributed by atoms with E-state index in [1.54, 1.807) is 0 Å². The lowest BCUT2D eigenvalue weighted by Gasteiger charge is -2.14. The number of aromatic amines is 1. The normalized spacial score (nSPS) is 11.7. The van der Waals surface area contributed by atoms with Gasteiger partial charge < -0.3 is 30.5 Å². The van der Waals surface area contributed by atoms with E-state index in [0.29, 0.717) is 39.0 Å². The van der Waals surface area contributed by atoms with Crippen LogP contribution in [-0.4, -0.2) is 100 Å². The fraction of sp³-hybridized carbons (Fsp3) is 0.839. The maximum Gasteiger partial charge on any atom is 0.326 e. The Hall–Kier alpha value is -2.65. The summed E-state index contributed by atoms with van der Waals surface area (Å²) in [6.07, 6.45) is 18.7. The molecule has 0 aliphatic heterocycles. The van der Waals surface area contributed by atoms with Gasteiger partial charge in [0.25, 0.3) is 0 Å². The van der Waals surface area contributed by atoms with Crippen molar-refractivity contribution in [1.82, 2.24) is 36.6 Å². The first kappa shape index (κ1) is 41.4. The van der Waals surface area contributed by atoms with Gasteiger partial charge in [-0.2, -0.15) is 0 Å². The first-order valence-corrected chi connectivity index (χ1v) is 18.0. The molecule has 15 heteroatoms.